The number of carbonyl (C=O) groups excluding carboxylic acids is 1. The zero-order chi connectivity index (χ0) is 17.0. The van der Waals surface area contributed by atoms with Crippen molar-refractivity contribution >= 4 is 11.5 Å². The molecule has 0 aromatic heterocycles. The standard InChI is InChI=1S/C15H14O8/c16-11-9(8-4-2-1-3-5-8)6-7-10-13(11,18)15(21,22)14(19,20)12(17)23-10/h1-7,11,16,18-22H. The molecule has 23 heavy (non-hydrogen) atoms. The predicted molar refractivity (Wildman–Crippen MR) is 73.9 cm³/mol. The Morgan fingerprint density at radius 2 is 1.57 bits per heavy atom. The third-order valence-corrected chi connectivity index (χ3v) is 4.09. The third-order valence-electron chi connectivity index (χ3n) is 4.09. The summed E-state index contributed by atoms with van der Waals surface area (Å²) in [6.45, 7) is 0. The summed E-state index contributed by atoms with van der Waals surface area (Å²) < 4.78 is 4.55. The Kier molecular flexibility index (Phi) is 3.24. The molecule has 8 heteroatoms. The average Bonchev–Trinajstić information content (AvgIpc) is 2.51. The highest BCUT2D eigenvalue weighted by Crippen LogP contribution is 2.48. The largest absolute Gasteiger partial charge is 0.423 e. The number of aliphatic hydroxyl groups is 6. The molecule has 1 aromatic carbocycles. The van der Waals surface area contributed by atoms with Gasteiger partial charge in [0.2, 0.25) is 5.60 Å². The number of carbonyl (C=O) groups is 1. The fourth-order valence-electron chi connectivity index (χ4n) is 2.68. The van der Waals surface area contributed by atoms with Gasteiger partial charge in [-0.3, -0.25) is 0 Å². The lowest BCUT2D eigenvalue weighted by Gasteiger charge is -2.51. The van der Waals surface area contributed by atoms with Crippen molar-refractivity contribution in [2.24, 2.45) is 0 Å². The van der Waals surface area contributed by atoms with Gasteiger partial charge in [-0.1, -0.05) is 36.4 Å². The van der Waals surface area contributed by atoms with E-state index in [0.717, 1.165) is 6.08 Å². The van der Waals surface area contributed by atoms with Crippen LogP contribution in [0.5, 0.6) is 0 Å². The van der Waals surface area contributed by atoms with E-state index in [1.54, 1.807) is 30.3 Å². The quantitative estimate of drug-likeness (QED) is 0.256. The van der Waals surface area contributed by atoms with Gasteiger partial charge in [0.25, 0.3) is 5.79 Å². The zero-order valence-corrected chi connectivity index (χ0v) is 11.6. The van der Waals surface area contributed by atoms with E-state index < -0.39 is 35.0 Å². The van der Waals surface area contributed by atoms with E-state index in [2.05, 4.69) is 4.74 Å². The normalized spacial score (nSPS) is 31.6. The van der Waals surface area contributed by atoms with Crippen LogP contribution in [-0.4, -0.2) is 59.9 Å². The van der Waals surface area contributed by atoms with Gasteiger partial charge in [0, 0.05) is 0 Å². The first-order chi connectivity index (χ1) is 10.6. The van der Waals surface area contributed by atoms with Crippen molar-refractivity contribution in [3.8, 4) is 0 Å². The minimum absolute atomic E-state index is 0.0677. The van der Waals surface area contributed by atoms with Crippen LogP contribution in [0.4, 0.5) is 0 Å². The molecular weight excluding hydrogens is 308 g/mol. The molecule has 1 aromatic rings. The molecule has 1 heterocycles. The molecule has 122 valence electrons. The second kappa shape index (κ2) is 4.71. The van der Waals surface area contributed by atoms with Crippen molar-refractivity contribution < 1.29 is 40.2 Å². The number of rotatable bonds is 1. The molecule has 0 spiro atoms. The Balaban J connectivity index is 2.17. The van der Waals surface area contributed by atoms with Crippen molar-refractivity contribution in [3.05, 3.63) is 53.8 Å². The van der Waals surface area contributed by atoms with Crippen LogP contribution >= 0.6 is 0 Å². The van der Waals surface area contributed by atoms with E-state index in [9.17, 15) is 35.4 Å². The molecule has 0 amide bonds. The van der Waals surface area contributed by atoms with Gasteiger partial charge < -0.3 is 35.4 Å². The first-order valence-electron chi connectivity index (χ1n) is 6.64. The lowest BCUT2D eigenvalue weighted by atomic mass is 9.72. The van der Waals surface area contributed by atoms with Gasteiger partial charge in [-0.05, 0) is 17.2 Å². The third kappa shape index (κ3) is 1.84. The van der Waals surface area contributed by atoms with E-state index >= 15 is 0 Å². The molecule has 0 radical (unpaired) electrons. The molecule has 2 aliphatic rings. The number of esters is 1. The van der Waals surface area contributed by atoms with E-state index in [0.29, 0.717) is 5.56 Å². The lowest BCUT2D eigenvalue weighted by Crippen LogP contribution is -2.78. The summed E-state index contributed by atoms with van der Waals surface area (Å²) in [5.74, 6) is -10.1. The van der Waals surface area contributed by atoms with E-state index in [4.69, 9.17) is 0 Å². The average molecular weight is 322 g/mol. The highest BCUT2D eigenvalue weighted by Gasteiger charge is 2.75. The van der Waals surface area contributed by atoms with Gasteiger partial charge in [-0.25, -0.2) is 4.79 Å². The lowest BCUT2D eigenvalue weighted by molar-refractivity contribution is -0.414. The van der Waals surface area contributed by atoms with Gasteiger partial charge in [-0.2, -0.15) is 0 Å². The number of fused-ring (bicyclic) bond motifs is 1. The summed E-state index contributed by atoms with van der Waals surface area (Å²) in [7, 11) is 0. The summed E-state index contributed by atoms with van der Waals surface area (Å²) >= 11 is 0. The summed E-state index contributed by atoms with van der Waals surface area (Å²) in [6.07, 6.45) is 0.352. The predicted octanol–water partition coefficient (Wildman–Crippen LogP) is -2.02. The molecular formula is C15H14O8. The second-order valence-corrected chi connectivity index (χ2v) is 5.42. The first-order valence-corrected chi connectivity index (χ1v) is 6.64. The number of aliphatic hydroxyl groups excluding tert-OH is 1. The maximum atomic E-state index is 11.5. The fourth-order valence-corrected chi connectivity index (χ4v) is 2.68. The summed E-state index contributed by atoms with van der Waals surface area (Å²) in [4.78, 5) is 11.5. The molecule has 6 N–H and O–H groups in total. The highest BCUT2D eigenvalue weighted by atomic mass is 16.7. The molecule has 1 aliphatic heterocycles. The fraction of sp³-hybridized carbons (Fsp3) is 0.267. The molecule has 0 bridgehead atoms. The highest BCUT2D eigenvalue weighted by molar-refractivity contribution is 5.84. The first kappa shape index (κ1) is 15.8. The van der Waals surface area contributed by atoms with E-state index in [1.807, 2.05) is 0 Å². The number of ether oxygens (including phenoxy) is 1. The number of hydrogen-bond acceptors (Lipinski definition) is 8. The van der Waals surface area contributed by atoms with Crippen LogP contribution in [0.3, 0.4) is 0 Å². The topological polar surface area (TPSA) is 148 Å². The maximum Gasteiger partial charge on any atom is 0.377 e. The molecule has 0 saturated carbocycles. The van der Waals surface area contributed by atoms with Crippen LogP contribution in [0.2, 0.25) is 0 Å². The van der Waals surface area contributed by atoms with Crippen molar-refractivity contribution in [3.63, 3.8) is 0 Å². The Morgan fingerprint density at radius 1 is 0.957 bits per heavy atom. The van der Waals surface area contributed by atoms with Crippen LogP contribution in [0.1, 0.15) is 5.56 Å². The minimum Gasteiger partial charge on any atom is -0.423 e. The Bertz CT molecular complexity index is 718. The van der Waals surface area contributed by atoms with Crippen LogP contribution in [0, 0.1) is 0 Å². The molecule has 1 aliphatic carbocycles. The van der Waals surface area contributed by atoms with Crippen LogP contribution in [0.25, 0.3) is 5.57 Å². The molecule has 2 atom stereocenters. The van der Waals surface area contributed by atoms with Crippen LogP contribution < -0.4 is 0 Å². The SMILES string of the molecule is O=C1OC2=CC=C(c3ccccc3)C(O)C2(O)C(O)(O)C1(O)O. The summed E-state index contributed by atoms with van der Waals surface area (Å²) in [5.41, 5.74) is -2.55. The molecule has 8 nitrogen and oxygen atoms in total. The van der Waals surface area contributed by atoms with Gasteiger partial charge >= 0.3 is 11.8 Å². The Labute approximate surface area is 129 Å². The van der Waals surface area contributed by atoms with Crippen LogP contribution in [0.15, 0.2) is 48.2 Å². The second-order valence-electron chi connectivity index (χ2n) is 5.42. The van der Waals surface area contributed by atoms with Gasteiger partial charge in [0.1, 0.15) is 11.9 Å². The van der Waals surface area contributed by atoms with Crippen molar-refractivity contribution in [1.29, 1.82) is 0 Å². The van der Waals surface area contributed by atoms with E-state index in [1.165, 1.54) is 6.08 Å². The van der Waals surface area contributed by atoms with Crippen molar-refractivity contribution in [2.75, 3.05) is 0 Å². The van der Waals surface area contributed by atoms with Crippen molar-refractivity contribution in [2.45, 2.75) is 23.3 Å². The van der Waals surface area contributed by atoms with Gasteiger partial charge in [0.05, 0.1) is 0 Å². The Hall–Kier alpha value is -2.07. The van der Waals surface area contributed by atoms with Crippen LogP contribution in [-0.2, 0) is 9.53 Å². The monoisotopic (exact) mass is 322 g/mol. The van der Waals surface area contributed by atoms with Crippen molar-refractivity contribution in [1.82, 2.24) is 0 Å². The van der Waals surface area contributed by atoms with E-state index in [-0.39, 0.29) is 5.57 Å². The number of benzene rings is 1. The van der Waals surface area contributed by atoms with Gasteiger partial charge in [0.15, 0.2) is 0 Å². The summed E-state index contributed by atoms with van der Waals surface area (Å²) in [6, 6.07) is 8.20. The maximum absolute atomic E-state index is 11.5. The molecule has 1 saturated heterocycles. The minimum atomic E-state index is -3.83. The smallest absolute Gasteiger partial charge is 0.377 e. The molecule has 1 fully saturated rings. The van der Waals surface area contributed by atoms with Gasteiger partial charge in [-0.15, -0.1) is 0 Å². The Morgan fingerprint density at radius 3 is 2.17 bits per heavy atom. The number of allylic oxidation sites excluding steroid dienone is 2. The molecule has 2 unspecified atom stereocenters. The zero-order valence-electron chi connectivity index (χ0n) is 11.6. The number of hydrogen-bond donors (Lipinski definition) is 6. The molecule has 3 rings (SSSR count). The summed E-state index contributed by atoms with van der Waals surface area (Å²) in [5, 5.41) is 60.4.